The lowest BCUT2D eigenvalue weighted by Gasteiger charge is -2.02. The summed E-state index contributed by atoms with van der Waals surface area (Å²) in [7, 11) is 0. The second-order valence-electron chi connectivity index (χ2n) is 3.74. The fourth-order valence-corrected chi connectivity index (χ4v) is 2.51. The van der Waals surface area contributed by atoms with Crippen molar-refractivity contribution in [3.63, 3.8) is 0 Å². The number of thiazole rings is 1. The highest BCUT2D eigenvalue weighted by molar-refractivity contribution is 7.22. The molecule has 0 aliphatic heterocycles. The lowest BCUT2D eigenvalue weighted by atomic mass is 10.3. The van der Waals surface area contributed by atoms with E-state index >= 15 is 0 Å². The largest absolute Gasteiger partial charge is 0.331 e. The molecule has 3 aromatic rings. The molecule has 90 valence electrons. The normalized spacial score (nSPS) is 10.8. The first-order chi connectivity index (χ1) is 8.72. The van der Waals surface area contributed by atoms with Gasteiger partial charge in [0.25, 0.3) is 0 Å². The van der Waals surface area contributed by atoms with E-state index in [1.807, 2.05) is 24.3 Å². The first kappa shape index (κ1) is 11.1. The van der Waals surface area contributed by atoms with Crippen molar-refractivity contribution in [1.82, 2.24) is 4.98 Å². The molecule has 0 unspecified atom stereocenters. The molecule has 0 bridgehead atoms. The molecular formula is C13H8F2N2S. The van der Waals surface area contributed by atoms with E-state index in [0.29, 0.717) is 10.8 Å². The summed E-state index contributed by atoms with van der Waals surface area (Å²) in [5, 5.41) is 3.62. The summed E-state index contributed by atoms with van der Waals surface area (Å²) in [5.41, 5.74) is 1.36. The summed E-state index contributed by atoms with van der Waals surface area (Å²) in [6, 6.07) is 11.4. The van der Waals surface area contributed by atoms with E-state index in [-0.39, 0.29) is 0 Å². The number of rotatable bonds is 2. The van der Waals surface area contributed by atoms with Crippen LogP contribution in [0.15, 0.2) is 42.5 Å². The maximum atomic E-state index is 13.1. The first-order valence-corrected chi connectivity index (χ1v) is 6.12. The van der Waals surface area contributed by atoms with Crippen LogP contribution in [0.1, 0.15) is 0 Å². The van der Waals surface area contributed by atoms with Crippen LogP contribution in [0.2, 0.25) is 0 Å². The third-order valence-corrected chi connectivity index (χ3v) is 3.42. The quantitative estimate of drug-likeness (QED) is 0.744. The monoisotopic (exact) mass is 262 g/mol. The molecule has 0 saturated heterocycles. The van der Waals surface area contributed by atoms with E-state index < -0.39 is 11.6 Å². The highest BCUT2D eigenvalue weighted by Crippen LogP contribution is 2.28. The van der Waals surface area contributed by atoms with Crippen molar-refractivity contribution in [3.05, 3.63) is 54.1 Å². The third-order valence-electron chi connectivity index (χ3n) is 2.46. The lowest BCUT2D eigenvalue weighted by molar-refractivity contribution is 0.509. The molecule has 18 heavy (non-hydrogen) atoms. The molecule has 2 aromatic carbocycles. The van der Waals surface area contributed by atoms with Crippen molar-refractivity contribution >= 4 is 32.4 Å². The SMILES string of the molecule is Fc1ccc(Nc2nc3ccccc3s2)cc1F. The standard InChI is InChI=1S/C13H8F2N2S/c14-9-6-5-8(7-10(9)15)16-13-17-11-3-1-2-4-12(11)18-13/h1-7H,(H,16,17). The number of aromatic nitrogens is 1. The lowest BCUT2D eigenvalue weighted by Crippen LogP contribution is -1.91. The molecule has 0 aliphatic rings. The molecule has 0 amide bonds. The Morgan fingerprint density at radius 2 is 1.83 bits per heavy atom. The predicted octanol–water partition coefficient (Wildman–Crippen LogP) is 4.32. The number of benzene rings is 2. The number of hydrogen-bond acceptors (Lipinski definition) is 3. The Bertz CT molecular complexity index is 676. The van der Waals surface area contributed by atoms with Crippen LogP contribution in [0.25, 0.3) is 10.2 Å². The van der Waals surface area contributed by atoms with Crippen LogP contribution in [0.4, 0.5) is 19.6 Å². The van der Waals surface area contributed by atoms with Crippen molar-refractivity contribution in [2.45, 2.75) is 0 Å². The predicted molar refractivity (Wildman–Crippen MR) is 69.3 cm³/mol. The minimum atomic E-state index is -0.874. The molecule has 0 aliphatic carbocycles. The summed E-state index contributed by atoms with van der Waals surface area (Å²) < 4.78 is 26.9. The Labute approximate surface area is 106 Å². The van der Waals surface area contributed by atoms with Gasteiger partial charge in [0, 0.05) is 11.8 Å². The van der Waals surface area contributed by atoms with Gasteiger partial charge < -0.3 is 5.32 Å². The second kappa shape index (κ2) is 4.34. The highest BCUT2D eigenvalue weighted by atomic mass is 32.1. The molecule has 0 radical (unpaired) electrons. The molecule has 0 saturated carbocycles. The van der Waals surface area contributed by atoms with Crippen molar-refractivity contribution in [2.24, 2.45) is 0 Å². The van der Waals surface area contributed by atoms with Crippen LogP contribution >= 0.6 is 11.3 Å². The van der Waals surface area contributed by atoms with Crippen molar-refractivity contribution < 1.29 is 8.78 Å². The Hall–Kier alpha value is -2.01. The van der Waals surface area contributed by atoms with Gasteiger partial charge in [-0.3, -0.25) is 0 Å². The molecule has 0 spiro atoms. The zero-order chi connectivity index (χ0) is 12.5. The number of anilines is 2. The van der Waals surface area contributed by atoms with Crippen LogP contribution in [0.5, 0.6) is 0 Å². The van der Waals surface area contributed by atoms with E-state index in [4.69, 9.17) is 0 Å². The molecule has 1 N–H and O–H groups in total. The Morgan fingerprint density at radius 3 is 2.61 bits per heavy atom. The van der Waals surface area contributed by atoms with E-state index in [2.05, 4.69) is 10.3 Å². The summed E-state index contributed by atoms with van der Waals surface area (Å²) in [6.45, 7) is 0. The van der Waals surface area contributed by atoms with E-state index in [0.717, 1.165) is 22.3 Å². The van der Waals surface area contributed by atoms with Crippen LogP contribution < -0.4 is 5.32 Å². The van der Waals surface area contributed by atoms with E-state index in [1.165, 1.54) is 17.4 Å². The van der Waals surface area contributed by atoms with E-state index in [9.17, 15) is 8.78 Å². The third kappa shape index (κ3) is 2.04. The minimum Gasteiger partial charge on any atom is -0.331 e. The van der Waals surface area contributed by atoms with Crippen molar-refractivity contribution in [2.75, 3.05) is 5.32 Å². The summed E-state index contributed by atoms with van der Waals surface area (Å²) in [5.74, 6) is -1.73. The zero-order valence-corrected chi connectivity index (χ0v) is 9.97. The molecule has 5 heteroatoms. The van der Waals surface area contributed by atoms with Gasteiger partial charge in [0.05, 0.1) is 10.2 Å². The van der Waals surface area contributed by atoms with E-state index in [1.54, 1.807) is 0 Å². The second-order valence-corrected chi connectivity index (χ2v) is 4.77. The van der Waals surface area contributed by atoms with Crippen LogP contribution in [0, 0.1) is 11.6 Å². The Balaban J connectivity index is 1.93. The molecule has 0 fully saturated rings. The van der Waals surface area contributed by atoms with Gasteiger partial charge in [0.2, 0.25) is 0 Å². The summed E-state index contributed by atoms with van der Waals surface area (Å²) >= 11 is 1.46. The smallest absolute Gasteiger partial charge is 0.188 e. The van der Waals surface area contributed by atoms with Gasteiger partial charge in [-0.2, -0.15) is 0 Å². The molecule has 3 rings (SSSR count). The van der Waals surface area contributed by atoms with Gasteiger partial charge >= 0.3 is 0 Å². The Morgan fingerprint density at radius 1 is 1.00 bits per heavy atom. The molecule has 0 atom stereocenters. The zero-order valence-electron chi connectivity index (χ0n) is 9.15. The average Bonchev–Trinajstić information content (AvgIpc) is 2.76. The molecule has 1 aromatic heterocycles. The number of fused-ring (bicyclic) bond motifs is 1. The summed E-state index contributed by atoms with van der Waals surface area (Å²) in [6.07, 6.45) is 0. The van der Waals surface area contributed by atoms with Gasteiger partial charge in [-0.25, -0.2) is 13.8 Å². The van der Waals surface area contributed by atoms with Crippen LogP contribution in [-0.4, -0.2) is 4.98 Å². The molecule has 1 heterocycles. The van der Waals surface area contributed by atoms with Gasteiger partial charge in [-0.15, -0.1) is 0 Å². The maximum absolute atomic E-state index is 13.1. The van der Waals surface area contributed by atoms with Crippen molar-refractivity contribution in [3.8, 4) is 0 Å². The van der Waals surface area contributed by atoms with Crippen LogP contribution in [0.3, 0.4) is 0 Å². The van der Waals surface area contributed by atoms with Crippen LogP contribution in [-0.2, 0) is 0 Å². The van der Waals surface area contributed by atoms with Crippen molar-refractivity contribution in [1.29, 1.82) is 0 Å². The maximum Gasteiger partial charge on any atom is 0.188 e. The van der Waals surface area contributed by atoms with Gasteiger partial charge in [0.1, 0.15) is 0 Å². The number of hydrogen-bond donors (Lipinski definition) is 1. The van der Waals surface area contributed by atoms with Gasteiger partial charge in [0.15, 0.2) is 16.8 Å². The molecule has 2 nitrogen and oxygen atoms in total. The summed E-state index contributed by atoms with van der Waals surface area (Å²) in [4.78, 5) is 4.35. The number of halogens is 2. The fraction of sp³-hybridized carbons (Fsp3) is 0. The number of nitrogens with one attached hydrogen (secondary N) is 1. The topological polar surface area (TPSA) is 24.9 Å². The molecular weight excluding hydrogens is 254 g/mol. The first-order valence-electron chi connectivity index (χ1n) is 5.30. The number of nitrogens with zero attached hydrogens (tertiary/aromatic N) is 1. The Kier molecular flexibility index (Phi) is 2.68. The van der Waals surface area contributed by atoms with Gasteiger partial charge in [-0.05, 0) is 24.3 Å². The number of para-hydroxylation sites is 1. The highest BCUT2D eigenvalue weighted by Gasteiger charge is 2.06. The van der Waals surface area contributed by atoms with Gasteiger partial charge in [-0.1, -0.05) is 23.5 Å². The fourth-order valence-electron chi connectivity index (χ4n) is 1.62. The average molecular weight is 262 g/mol. The minimum absolute atomic E-state index is 0.480.